The van der Waals surface area contributed by atoms with E-state index in [1.165, 1.54) is 12.0 Å². The molecular weight excluding hydrogens is 364 g/mol. The number of hydrogen-bond donors (Lipinski definition) is 1. The van der Waals surface area contributed by atoms with Gasteiger partial charge in [-0.2, -0.15) is 5.10 Å². The minimum absolute atomic E-state index is 0.161. The van der Waals surface area contributed by atoms with Crippen LogP contribution in [0.2, 0.25) is 0 Å². The average molecular weight is 390 g/mol. The second-order valence-corrected chi connectivity index (χ2v) is 7.55. The highest BCUT2D eigenvalue weighted by molar-refractivity contribution is 6.04. The van der Waals surface area contributed by atoms with Gasteiger partial charge < -0.3 is 5.32 Å². The molecule has 3 aromatic rings. The number of likely N-dealkylation sites (tertiary alicyclic amines) is 1. The Morgan fingerprint density at radius 1 is 1.21 bits per heavy atom. The number of piperidine rings is 1. The first-order chi connectivity index (χ1) is 14.1. The van der Waals surface area contributed by atoms with E-state index in [4.69, 9.17) is 4.98 Å². The Morgan fingerprint density at radius 2 is 2.03 bits per heavy atom. The SMILES string of the molecule is Cc1nc(C2CCCCN2Cc2cnn(C)c2)ncc1C(=O)Nc1ccccc1. The molecule has 0 spiro atoms. The van der Waals surface area contributed by atoms with Crippen LogP contribution in [0.4, 0.5) is 5.69 Å². The fraction of sp³-hybridized carbons (Fsp3) is 0.364. The lowest BCUT2D eigenvalue weighted by Crippen LogP contribution is -2.34. The number of nitrogens with zero attached hydrogens (tertiary/aromatic N) is 5. The molecule has 0 radical (unpaired) electrons. The highest BCUT2D eigenvalue weighted by Gasteiger charge is 2.27. The summed E-state index contributed by atoms with van der Waals surface area (Å²) >= 11 is 0. The van der Waals surface area contributed by atoms with Crippen LogP contribution in [0.3, 0.4) is 0 Å². The van der Waals surface area contributed by atoms with Crippen LogP contribution in [0.1, 0.15) is 52.7 Å². The molecule has 2 aromatic heterocycles. The lowest BCUT2D eigenvalue weighted by molar-refractivity contribution is 0.102. The second kappa shape index (κ2) is 8.53. The Bertz CT molecular complexity index is 984. The van der Waals surface area contributed by atoms with Crippen molar-refractivity contribution < 1.29 is 4.79 Å². The second-order valence-electron chi connectivity index (χ2n) is 7.55. The van der Waals surface area contributed by atoms with Gasteiger partial charge in [0.2, 0.25) is 0 Å². The molecule has 1 aliphatic rings. The molecule has 7 nitrogen and oxygen atoms in total. The van der Waals surface area contributed by atoms with Gasteiger partial charge in [-0.25, -0.2) is 9.97 Å². The summed E-state index contributed by atoms with van der Waals surface area (Å²) in [4.78, 5) is 24.3. The molecule has 0 aliphatic carbocycles. The summed E-state index contributed by atoms with van der Waals surface area (Å²) in [6, 6.07) is 9.58. The van der Waals surface area contributed by atoms with Gasteiger partial charge in [0.1, 0.15) is 5.82 Å². The molecule has 150 valence electrons. The Hall–Kier alpha value is -3.06. The number of hydrogen-bond acceptors (Lipinski definition) is 5. The van der Waals surface area contributed by atoms with Crippen molar-refractivity contribution in [2.45, 2.75) is 38.8 Å². The normalized spacial score (nSPS) is 17.2. The highest BCUT2D eigenvalue weighted by atomic mass is 16.1. The zero-order valence-corrected chi connectivity index (χ0v) is 16.9. The van der Waals surface area contributed by atoms with E-state index in [2.05, 4.69) is 26.5 Å². The number of carbonyl (C=O) groups is 1. The molecule has 3 heterocycles. The van der Waals surface area contributed by atoms with Crippen LogP contribution in [0.25, 0.3) is 0 Å². The molecule has 1 saturated heterocycles. The Morgan fingerprint density at radius 3 is 2.76 bits per heavy atom. The van der Waals surface area contributed by atoms with Gasteiger partial charge in [0, 0.05) is 37.2 Å². The van der Waals surface area contributed by atoms with Gasteiger partial charge in [-0.1, -0.05) is 24.6 Å². The van der Waals surface area contributed by atoms with E-state index in [1.54, 1.807) is 6.20 Å². The smallest absolute Gasteiger partial charge is 0.259 e. The van der Waals surface area contributed by atoms with E-state index in [1.807, 2.05) is 55.2 Å². The Balaban J connectivity index is 1.51. The molecule has 1 atom stereocenters. The summed E-state index contributed by atoms with van der Waals surface area (Å²) in [6.45, 7) is 3.72. The predicted octanol–water partition coefficient (Wildman–Crippen LogP) is 3.50. The van der Waals surface area contributed by atoms with Crippen LogP contribution in [-0.2, 0) is 13.6 Å². The van der Waals surface area contributed by atoms with Crippen molar-refractivity contribution in [3.63, 3.8) is 0 Å². The average Bonchev–Trinajstić information content (AvgIpc) is 3.13. The highest BCUT2D eigenvalue weighted by Crippen LogP contribution is 2.30. The first kappa shape index (κ1) is 19.3. The molecule has 1 aromatic carbocycles. The molecule has 0 bridgehead atoms. The maximum atomic E-state index is 12.6. The topological polar surface area (TPSA) is 75.9 Å². The summed E-state index contributed by atoms with van der Waals surface area (Å²) in [5.41, 5.74) is 3.16. The number of amides is 1. The fourth-order valence-corrected chi connectivity index (χ4v) is 3.85. The standard InChI is InChI=1S/C22H26N6O/c1-16-19(22(29)26-18-8-4-3-5-9-18)13-23-21(25-16)20-10-6-7-11-28(20)15-17-12-24-27(2)14-17/h3-5,8-9,12-14,20H,6-7,10-11,15H2,1-2H3,(H,26,29). The monoisotopic (exact) mass is 390 g/mol. The number of rotatable bonds is 5. The first-order valence-electron chi connectivity index (χ1n) is 10.0. The van der Waals surface area contributed by atoms with E-state index < -0.39 is 0 Å². The quantitative estimate of drug-likeness (QED) is 0.722. The van der Waals surface area contributed by atoms with Crippen molar-refractivity contribution in [1.29, 1.82) is 0 Å². The van der Waals surface area contributed by atoms with Gasteiger partial charge in [0.25, 0.3) is 5.91 Å². The summed E-state index contributed by atoms with van der Waals surface area (Å²) in [7, 11) is 1.93. The number of anilines is 1. The van der Waals surface area contributed by atoms with Gasteiger partial charge in [-0.3, -0.25) is 14.4 Å². The zero-order chi connectivity index (χ0) is 20.2. The zero-order valence-electron chi connectivity index (χ0n) is 16.9. The van der Waals surface area contributed by atoms with Gasteiger partial charge in [0.05, 0.1) is 23.5 Å². The maximum Gasteiger partial charge on any atom is 0.259 e. The van der Waals surface area contributed by atoms with E-state index in [9.17, 15) is 4.79 Å². The molecule has 0 saturated carbocycles. The van der Waals surface area contributed by atoms with E-state index in [-0.39, 0.29) is 11.9 Å². The van der Waals surface area contributed by atoms with Crippen LogP contribution in [0, 0.1) is 6.92 Å². The number of para-hydroxylation sites is 1. The van der Waals surface area contributed by atoms with Crippen LogP contribution in [-0.4, -0.2) is 37.1 Å². The van der Waals surface area contributed by atoms with Crippen LogP contribution < -0.4 is 5.32 Å². The summed E-state index contributed by atoms with van der Waals surface area (Å²) < 4.78 is 1.83. The third kappa shape index (κ3) is 4.51. The number of nitrogens with one attached hydrogen (secondary N) is 1. The number of carbonyl (C=O) groups excluding carboxylic acids is 1. The lowest BCUT2D eigenvalue weighted by Gasteiger charge is -2.34. The molecule has 29 heavy (non-hydrogen) atoms. The molecule has 4 rings (SSSR count). The van der Waals surface area contributed by atoms with Crippen molar-refractivity contribution in [2.24, 2.45) is 7.05 Å². The van der Waals surface area contributed by atoms with Gasteiger partial charge in [-0.05, 0) is 38.4 Å². The van der Waals surface area contributed by atoms with Crippen molar-refractivity contribution >= 4 is 11.6 Å². The molecular formula is C22H26N6O. The summed E-state index contributed by atoms with van der Waals surface area (Å²) in [6.07, 6.45) is 8.98. The van der Waals surface area contributed by atoms with Crippen molar-refractivity contribution in [1.82, 2.24) is 24.6 Å². The van der Waals surface area contributed by atoms with Gasteiger partial charge in [-0.15, -0.1) is 0 Å². The molecule has 7 heteroatoms. The Kier molecular flexibility index (Phi) is 5.67. The number of benzene rings is 1. The van der Waals surface area contributed by atoms with Crippen LogP contribution in [0.5, 0.6) is 0 Å². The Labute approximate surface area is 170 Å². The minimum atomic E-state index is -0.184. The van der Waals surface area contributed by atoms with E-state index in [0.717, 1.165) is 37.4 Å². The summed E-state index contributed by atoms with van der Waals surface area (Å²) in [5, 5.41) is 7.18. The minimum Gasteiger partial charge on any atom is -0.322 e. The first-order valence-corrected chi connectivity index (χ1v) is 10.0. The molecule has 1 amide bonds. The predicted molar refractivity (Wildman–Crippen MR) is 111 cm³/mol. The molecule has 1 fully saturated rings. The van der Waals surface area contributed by atoms with Crippen molar-refractivity contribution in [2.75, 3.05) is 11.9 Å². The third-order valence-electron chi connectivity index (χ3n) is 5.33. The largest absolute Gasteiger partial charge is 0.322 e. The molecule has 1 unspecified atom stereocenters. The van der Waals surface area contributed by atoms with Gasteiger partial charge >= 0.3 is 0 Å². The third-order valence-corrected chi connectivity index (χ3v) is 5.33. The van der Waals surface area contributed by atoms with E-state index >= 15 is 0 Å². The van der Waals surface area contributed by atoms with Gasteiger partial charge in [0.15, 0.2) is 0 Å². The van der Waals surface area contributed by atoms with E-state index in [0.29, 0.717) is 11.3 Å². The van der Waals surface area contributed by atoms with Crippen LogP contribution in [0.15, 0.2) is 48.9 Å². The lowest BCUT2D eigenvalue weighted by atomic mass is 10.0. The fourth-order valence-electron chi connectivity index (χ4n) is 3.85. The number of aryl methyl sites for hydroxylation is 2. The number of aromatic nitrogens is 4. The summed E-state index contributed by atoms with van der Waals surface area (Å²) in [5.74, 6) is 0.610. The van der Waals surface area contributed by atoms with Crippen molar-refractivity contribution in [3.8, 4) is 0 Å². The molecule has 1 aliphatic heterocycles. The molecule has 1 N–H and O–H groups in total. The maximum absolute atomic E-state index is 12.6. The van der Waals surface area contributed by atoms with Crippen molar-refractivity contribution in [3.05, 3.63) is 71.6 Å². The van der Waals surface area contributed by atoms with Crippen LogP contribution >= 0.6 is 0 Å².